The summed E-state index contributed by atoms with van der Waals surface area (Å²) < 4.78 is 29.1. The molecular formula is C21H21NO3S. The smallest absolute Gasteiger partial charge is 0.150 e. The number of rotatable bonds is 2. The van der Waals surface area contributed by atoms with Gasteiger partial charge in [0.1, 0.15) is 15.6 Å². The van der Waals surface area contributed by atoms with E-state index in [2.05, 4.69) is 47.6 Å². The van der Waals surface area contributed by atoms with Crippen LogP contribution >= 0.6 is 0 Å². The number of nitrogens with one attached hydrogen (secondary N) is 1. The maximum Gasteiger partial charge on any atom is 0.150 e. The topological polar surface area (TPSA) is 59.2 Å². The van der Waals surface area contributed by atoms with Crippen molar-refractivity contribution in [2.75, 3.05) is 18.1 Å². The van der Waals surface area contributed by atoms with Gasteiger partial charge in [-0.15, -0.1) is 0 Å². The second-order valence-corrected chi connectivity index (χ2v) is 9.66. The molecule has 1 aromatic heterocycles. The Morgan fingerprint density at radius 2 is 1.77 bits per heavy atom. The molecule has 3 aromatic rings. The number of hydrogen-bond donors (Lipinski definition) is 1. The Labute approximate surface area is 153 Å². The zero-order valence-corrected chi connectivity index (χ0v) is 15.3. The Bertz CT molecular complexity index is 1080. The molecule has 0 saturated carbocycles. The average molecular weight is 367 g/mol. The van der Waals surface area contributed by atoms with Crippen molar-refractivity contribution >= 4 is 20.7 Å². The van der Waals surface area contributed by atoms with Gasteiger partial charge in [-0.05, 0) is 65.3 Å². The standard InChI is InChI=1S/C21H21NO3S/c23-26(24)9-6-14(7-10-26)19-13-22-20-3-1-16(12-18(19)20)15-2-4-21-17(11-15)5-8-25-21/h1-4,11-14,22H,5-10H2. The van der Waals surface area contributed by atoms with Gasteiger partial charge < -0.3 is 9.72 Å². The van der Waals surface area contributed by atoms with Crippen LogP contribution in [0.1, 0.15) is 29.9 Å². The van der Waals surface area contributed by atoms with Gasteiger partial charge in [0, 0.05) is 23.5 Å². The van der Waals surface area contributed by atoms with E-state index in [0.717, 1.165) is 37.1 Å². The van der Waals surface area contributed by atoms with E-state index in [1.807, 2.05) is 0 Å². The Balaban J connectivity index is 1.53. The van der Waals surface area contributed by atoms with Crippen LogP contribution in [0, 0.1) is 0 Å². The molecule has 3 heterocycles. The molecule has 5 heteroatoms. The number of benzene rings is 2. The molecule has 2 aliphatic heterocycles. The van der Waals surface area contributed by atoms with Gasteiger partial charge in [-0.2, -0.15) is 0 Å². The van der Waals surface area contributed by atoms with Gasteiger partial charge in [0.15, 0.2) is 0 Å². The Morgan fingerprint density at radius 3 is 2.62 bits per heavy atom. The number of fused-ring (bicyclic) bond motifs is 2. The predicted molar refractivity (Wildman–Crippen MR) is 104 cm³/mol. The monoisotopic (exact) mass is 367 g/mol. The van der Waals surface area contributed by atoms with Crippen LogP contribution in [0.4, 0.5) is 0 Å². The van der Waals surface area contributed by atoms with Crippen LogP contribution in [0.25, 0.3) is 22.0 Å². The summed E-state index contributed by atoms with van der Waals surface area (Å²) in [6.45, 7) is 0.768. The van der Waals surface area contributed by atoms with Crippen molar-refractivity contribution in [2.24, 2.45) is 0 Å². The molecule has 0 bridgehead atoms. The van der Waals surface area contributed by atoms with Gasteiger partial charge in [0.25, 0.3) is 0 Å². The van der Waals surface area contributed by atoms with Gasteiger partial charge in [-0.1, -0.05) is 12.1 Å². The summed E-state index contributed by atoms with van der Waals surface area (Å²) in [7, 11) is -2.84. The van der Waals surface area contributed by atoms with Crippen LogP contribution in [0.15, 0.2) is 42.6 Å². The van der Waals surface area contributed by atoms with Crippen LogP contribution in [0.2, 0.25) is 0 Å². The van der Waals surface area contributed by atoms with Crippen molar-refractivity contribution in [2.45, 2.75) is 25.2 Å². The number of sulfone groups is 1. The first-order chi connectivity index (χ1) is 12.6. The van der Waals surface area contributed by atoms with Crippen LogP contribution in [0.3, 0.4) is 0 Å². The van der Waals surface area contributed by atoms with Gasteiger partial charge in [0.2, 0.25) is 0 Å². The van der Waals surface area contributed by atoms with Crippen LogP contribution < -0.4 is 4.74 Å². The highest BCUT2D eigenvalue weighted by atomic mass is 32.2. The zero-order chi connectivity index (χ0) is 17.7. The first-order valence-electron chi connectivity index (χ1n) is 9.17. The van der Waals surface area contributed by atoms with E-state index in [0.29, 0.717) is 17.4 Å². The highest BCUT2D eigenvalue weighted by Crippen LogP contribution is 2.37. The predicted octanol–water partition coefficient (Wildman–Crippen LogP) is 4.06. The largest absolute Gasteiger partial charge is 0.493 e. The van der Waals surface area contributed by atoms with Crippen LogP contribution in [-0.2, 0) is 16.3 Å². The molecule has 0 aliphatic carbocycles. The lowest BCUT2D eigenvalue weighted by Crippen LogP contribution is -2.21. The summed E-state index contributed by atoms with van der Waals surface area (Å²) in [5.41, 5.74) is 6.03. The van der Waals surface area contributed by atoms with Crippen molar-refractivity contribution in [3.05, 3.63) is 53.7 Å². The molecule has 1 saturated heterocycles. The highest BCUT2D eigenvalue weighted by Gasteiger charge is 2.26. The summed E-state index contributed by atoms with van der Waals surface area (Å²) in [6.07, 6.45) is 4.47. The second-order valence-electron chi connectivity index (χ2n) is 7.35. The van der Waals surface area contributed by atoms with Crippen molar-refractivity contribution in [1.29, 1.82) is 0 Å². The van der Waals surface area contributed by atoms with Crippen LogP contribution in [0.5, 0.6) is 5.75 Å². The summed E-state index contributed by atoms with van der Waals surface area (Å²) in [5, 5.41) is 1.21. The summed E-state index contributed by atoms with van der Waals surface area (Å²) in [5.74, 6) is 1.92. The third kappa shape index (κ3) is 2.71. The van der Waals surface area contributed by atoms with Crippen molar-refractivity contribution in [3.63, 3.8) is 0 Å². The molecule has 0 unspecified atom stereocenters. The average Bonchev–Trinajstić information content (AvgIpc) is 3.27. The van der Waals surface area contributed by atoms with Gasteiger partial charge in [-0.25, -0.2) is 8.42 Å². The van der Waals surface area contributed by atoms with Gasteiger partial charge >= 0.3 is 0 Å². The fourth-order valence-corrected chi connectivity index (χ4v) is 5.72. The van der Waals surface area contributed by atoms with E-state index < -0.39 is 9.84 Å². The minimum absolute atomic E-state index is 0.300. The first-order valence-corrected chi connectivity index (χ1v) is 11.0. The summed E-state index contributed by atoms with van der Waals surface area (Å²) >= 11 is 0. The SMILES string of the molecule is O=S1(=O)CCC(c2c[nH]c3ccc(-c4ccc5c(c4)CCO5)cc23)CC1. The minimum Gasteiger partial charge on any atom is -0.493 e. The Kier molecular flexibility index (Phi) is 3.60. The van der Waals surface area contributed by atoms with E-state index in [4.69, 9.17) is 4.74 Å². The molecule has 4 nitrogen and oxygen atoms in total. The van der Waals surface area contributed by atoms with Crippen molar-refractivity contribution in [3.8, 4) is 16.9 Å². The van der Waals surface area contributed by atoms with E-state index in [1.54, 1.807) is 0 Å². The maximum absolute atomic E-state index is 11.7. The Hall–Kier alpha value is -2.27. The molecule has 0 amide bonds. The summed E-state index contributed by atoms with van der Waals surface area (Å²) in [4.78, 5) is 3.36. The molecule has 1 fully saturated rings. The number of H-pyrrole nitrogens is 1. The quantitative estimate of drug-likeness (QED) is 0.743. The molecule has 0 radical (unpaired) electrons. The van der Waals surface area contributed by atoms with Crippen LogP contribution in [-0.4, -0.2) is 31.5 Å². The fourth-order valence-electron chi connectivity index (χ4n) is 4.23. The molecule has 26 heavy (non-hydrogen) atoms. The number of aromatic amines is 1. The number of ether oxygens (including phenoxy) is 1. The highest BCUT2D eigenvalue weighted by molar-refractivity contribution is 7.91. The first kappa shape index (κ1) is 15.9. The molecular weight excluding hydrogens is 346 g/mol. The molecule has 134 valence electrons. The third-order valence-corrected chi connectivity index (χ3v) is 7.45. The normalized spacial score (nSPS) is 19.4. The van der Waals surface area contributed by atoms with Gasteiger partial charge in [-0.3, -0.25) is 0 Å². The lowest BCUT2D eigenvalue weighted by Gasteiger charge is -2.21. The van der Waals surface area contributed by atoms with E-state index in [1.165, 1.54) is 27.6 Å². The lowest BCUT2D eigenvalue weighted by atomic mass is 9.92. The van der Waals surface area contributed by atoms with Crippen molar-refractivity contribution < 1.29 is 13.2 Å². The third-order valence-electron chi connectivity index (χ3n) is 5.73. The lowest BCUT2D eigenvalue weighted by molar-refractivity contribution is 0.357. The molecule has 0 atom stereocenters. The molecule has 0 spiro atoms. The minimum atomic E-state index is -2.84. The van der Waals surface area contributed by atoms with E-state index in [-0.39, 0.29) is 0 Å². The van der Waals surface area contributed by atoms with E-state index >= 15 is 0 Å². The maximum atomic E-state index is 11.7. The second kappa shape index (κ2) is 5.88. The summed E-state index contributed by atoms with van der Waals surface area (Å²) in [6, 6.07) is 12.9. The van der Waals surface area contributed by atoms with Crippen molar-refractivity contribution in [1.82, 2.24) is 4.98 Å². The molecule has 1 N–H and O–H groups in total. The zero-order valence-electron chi connectivity index (χ0n) is 14.5. The molecule has 5 rings (SSSR count). The Morgan fingerprint density at radius 1 is 1.00 bits per heavy atom. The number of hydrogen-bond acceptors (Lipinski definition) is 3. The number of aromatic nitrogens is 1. The fraction of sp³-hybridized carbons (Fsp3) is 0.333. The molecule has 2 aliphatic rings. The van der Waals surface area contributed by atoms with E-state index in [9.17, 15) is 8.42 Å². The molecule has 2 aromatic carbocycles. The van der Waals surface area contributed by atoms with Gasteiger partial charge in [0.05, 0.1) is 18.1 Å².